The van der Waals surface area contributed by atoms with Crippen LogP contribution in [0.2, 0.25) is 0 Å². The van der Waals surface area contributed by atoms with Crippen LogP contribution in [-0.4, -0.2) is 25.7 Å². The minimum atomic E-state index is -0.0933. The van der Waals surface area contributed by atoms with Gasteiger partial charge in [-0.25, -0.2) is 0 Å². The predicted molar refractivity (Wildman–Crippen MR) is 77.4 cm³/mol. The standard InChI is InChI=1S/C16H23NO2/c1-3-19-16(18)13(2)12-17-11-7-6-9-14-8-4-5-10-15(14)17/h4-5,8,10,13H,3,6-7,9,11-12H2,1-2H3. The number of fused-ring (bicyclic) bond motifs is 1. The third-order valence-electron chi connectivity index (χ3n) is 3.64. The van der Waals surface area contributed by atoms with Gasteiger partial charge < -0.3 is 9.64 Å². The number of nitrogens with zero attached hydrogens (tertiary/aromatic N) is 1. The first-order valence-electron chi connectivity index (χ1n) is 7.22. The molecule has 0 saturated carbocycles. The molecular weight excluding hydrogens is 238 g/mol. The van der Waals surface area contributed by atoms with Gasteiger partial charge in [0.25, 0.3) is 0 Å². The van der Waals surface area contributed by atoms with E-state index in [-0.39, 0.29) is 11.9 Å². The van der Waals surface area contributed by atoms with E-state index in [1.807, 2.05) is 13.8 Å². The second kappa shape index (κ2) is 6.60. The molecule has 0 radical (unpaired) electrons. The average molecular weight is 261 g/mol. The Hall–Kier alpha value is -1.51. The Kier molecular flexibility index (Phi) is 4.83. The molecule has 1 atom stereocenters. The predicted octanol–water partition coefficient (Wildman–Crippen LogP) is 3.03. The zero-order chi connectivity index (χ0) is 13.7. The van der Waals surface area contributed by atoms with E-state index in [4.69, 9.17) is 4.74 Å². The molecule has 0 amide bonds. The first kappa shape index (κ1) is 13.9. The van der Waals surface area contributed by atoms with Gasteiger partial charge >= 0.3 is 5.97 Å². The van der Waals surface area contributed by atoms with Gasteiger partial charge in [0, 0.05) is 18.8 Å². The number of ether oxygens (including phenoxy) is 1. The first-order chi connectivity index (χ1) is 9.22. The molecule has 1 heterocycles. The van der Waals surface area contributed by atoms with E-state index in [2.05, 4.69) is 29.2 Å². The number of aryl methyl sites for hydroxylation is 1. The summed E-state index contributed by atoms with van der Waals surface area (Å²) >= 11 is 0. The largest absolute Gasteiger partial charge is 0.466 e. The van der Waals surface area contributed by atoms with Crippen molar-refractivity contribution in [2.45, 2.75) is 33.1 Å². The van der Waals surface area contributed by atoms with Gasteiger partial charge in [0.2, 0.25) is 0 Å². The first-order valence-corrected chi connectivity index (χ1v) is 7.22. The van der Waals surface area contributed by atoms with Gasteiger partial charge in [0.15, 0.2) is 0 Å². The molecule has 0 bridgehead atoms. The number of rotatable bonds is 4. The molecule has 0 aromatic heterocycles. The number of carbonyl (C=O) groups excluding carboxylic acids is 1. The molecule has 0 N–H and O–H groups in total. The van der Waals surface area contributed by atoms with Crippen LogP contribution in [0.5, 0.6) is 0 Å². The van der Waals surface area contributed by atoms with Crippen molar-refractivity contribution in [3.63, 3.8) is 0 Å². The van der Waals surface area contributed by atoms with E-state index in [1.165, 1.54) is 24.1 Å². The van der Waals surface area contributed by atoms with Crippen molar-refractivity contribution in [1.82, 2.24) is 0 Å². The molecule has 3 nitrogen and oxygen atoms in total. The van der Waals surface area contributed by atoms with Crippen LogP contribution in [0.1, 0.15) is 32.3 Å². The molecule has 0 fully saturated rings. The zero-order valence-corrected chi connectivity index (χ0v) is 11.9. The van der Waals surface area contributed by atoms with Crippen molar-refractivity contribution >= 4 is 11.7 Å². The topological polar surface area (TPSA) is 29.5 Å². The Morgan fingerprint density at radius 2 is 2.16 bits per heavy atom. The number of anilines is 1. The van der Waals surface area contributed by atoms with Crippen molar-refractivity contribution in [2.75, 3.05) is 24.6 Å². The lowest BCUT2D eigenvalue weighted by atomic mass is 10.1. The van der Waals surface area contributed by atoms with Gasteiger partial charge in [-0.2, -0.15) is 0 Å². The number of hydrogen-bond acceptors (Lipinski definition) is 3. The van der Waals surface area contributed by atoms with Crippen LogP contribution in [-0.2, 0) is 16.0 Å². The maximum absolute atomic E-state index is 11.8. The quantitative estimate of drug-likeness (QED) is 0.780. The van der Waals surface area contributed by atoms with Crippen molar-refractivity contribution in [3.8, 4) is 0 Å². The van der Waals surface area contributed by atoms with Crippen LogP contribution in [0.3, 0.4) is 0 Å². The highest BCUT2D eigenvalue weighted by Gasteiger charge is 2.21. The molecule has 104 valence electrons. The zero-order valence-electron chi connectivity index (χ0n) is 11.9. The lowest BCUT2D eigenvalue weighted by Crippen LogP contribution is -2.33. The van der Waals surface area contributed by atoms with Gasteiger partial charge in [0.05, 0.1) is 12.5 Å². The SMILES string of the molecule is CCOC(=O)C(C)CN1CCCCc2ccccc21. The summed E-state index contributed by atoms with van der Waals surface area (Å²) in [5.41, 5.74) is 2.69. The summed E-state index contributed by atoms with van der Waals surface area (Å²) < 4.78 is 5.10. The molecule has 1 aliphatic heterocycles. The Labute approximate surface area is 115 Å². The second-order valence-corrected chi connectivity index (χ2v) is 5.18. The summed E-state index contributed by atoms with van der Waals surface area (Å²) in [5, 5.41) is 0. The summed E-state index contributed by atoms with van der Waals surface area (Å²) in [7, 11) is 0. The minimum Gasteiger partial charge on any atom is -0.466 e. The monoisotopic (exact) mass is 261 g/mol. The number of carbonyl (C=O) groups is 1. The highest BCUT2D eigenvalue weighted by molar-refractivity contribution is 5.73. The maximum atomic E-state index is 11.8. The Balaban J connectivity index is 2.09. The van der Waals surface area contributed by atoms with Gasteiger partial charge in [-0.1, -0.05) is 25.1 Å². The molecular formula is C16H23NO2. The number of esters is 1. The Morgan fingerprint density at radius 3 is 2.95 bits per heavy atom. The van der Waals surface area contributed by atoms with E-state index in [0.29, 0.717) is 6.61 Å². The molecule has 1 unspecified atom stereocenters. The van der Waals surface area contributed by atoms with E-state index in [9.17, 15) is 4.79 Å². The summed E-state index contributed by atoms with van der Waals surface area (Å²) in [6.07, 6.45) is 3.55. The fourth-order valence-corrected chi connectivity index (χ4v) is 2.65. The third-order valence-corrected chi connectivity index (χ3v) is 3.64. The van der Waals surface area contributed by atoms with Crippen LogP contribution in [0, 0.1) is 5.92 Å². The molecule has 1 aromatic carbocycles. The molecule has 1 aliphatic rings. The molecule has 19 heavy (non-hydrogen) atoms. The van der Waals surface area contributed by atoms with Crippen LogP contribution in [0.4, 0.5) is 5.69 Å². The van der Waals surface area contributed by atoms with Gasteiger partial charge in [0.1, 0.15) is 0 Å². The number of para-hydroxylation sites is 1. The fourth-order valence-electron chi connectivity index (χ4n) is 2.65. The Morgan fingerprint density at radius 1 is 1.37 bits per heavy atom. The summed E-state index contributed by atoms with van der Waals surface area (Å²) in [6.45, 7) is 6.04. The minimum absolute atomic E-state index is 0.0777. The van der Waals surface area contributed by atoms with Crippen molar-refractivity contribution in [3.05, 3.63) is 29.8 Å². The van der Waals surface area contributed by atoms with Gasteiger partial charge in [-0.05, 0) is 37.8 Å². The third kappa shape index (κ3) is 3.49. The lowest BCUT2D eigenvalue weighted by molar-refractivity contribution is -0.147. The van der Waals surface area contributed by atoms with Gasteiger partial charge in [-0.3, -0.25) is 4.79 Å². The number of hydrogen-bond donors (Lipinski definition) is 0. The van der Waals surface area contributed by atoms with Crippen molar-refractivity contribution in [2.24, 2.45) is 5.92 Å². The summed E-state index contributed by atoms with van der Waals surface area (Å²) in [4.78, 5) is 14.1. The van der Waals surface area contributed by atoms with E-state index >= 15 is 0 Å². The Bertz CT molecular complexity index is 431. The average Bonchev–Trinajstić information content (AvgIpc) is 2.62. The van der Waals surface area contributed by atoms with E-state index in [1.54, 1.807) is 0 Å². The normalized spacial score (nSPS) is 16.4. The molecule has 0 spiro atoms. The molecule has 3 heteroatoms. The van der Waals surface area contributed by atoms with Crippen LogP contribution in [0.25, 0.3) is 0 Å². The smallest absolute Gasteiger partial charge is 0.310 e. The fraction of sp³-hybridized carbons (Fsp3) is 0.562. The lowest BCUT2D eigenvalue weighted by Gasteiger charge is -2.27. The van der Waals surface area contributed by atoms with E-state index in [0.717, 1.165) is 19.5 Å². The van der Waals surface area contributed by atoms with Gasteiger partial charge in [-0.15, -0.1) is 0 Å². The van der Waals surface area contributed by atoms with Crippen LogP contribution >= 0.6 is 0 Å². The van der Waals surface area contributed by atoms with E-state index < -0.39 is 0 Å². The summed E-state index contributed by atoms with van der Waals surface area (Å²) in [5.74, 6) is -0.171. The second-order valence-electron chi connectivity index (χ2n) is 5.18. The molecule has 2 rings (SSSR count). The maximum Gasteiger partial charge on any atom is 0.310 e. The van der Waals surface area contributed by atoms with Crippen molar-refractivity contribution in [1.29, 1.82) is 0 Å². The van der Waals surface area contributed by atoms with Crippen molar-refractivity contribution < 1.29 is 9.53 Å². The number of benzene rings is 1. The molecule has 0 saturated heterocycles. The molecule has 0 aliphatic carbocycles. The highest BCUT2D eigenvalue weighted by atomic mass is 16.5. The summed E-state index contributed by atoms with van der Waals surface area (Å²) in [6, 6.07) is 8.53. The van der Waals surface area contributed by atoms with Crippen LogP contribution in [0.15, 0.2) is 24.3 Å². The van der Waals surface area contributed by atoms with Crippen LogP contribution < -0.4 is 4.90 Å². The molecule has 1 aromatic rings. The highest BCUT2D eigenvalue weighted by Crippen LogP contribution is 2.26.